The average molecular weight is 499 g/mol. The minimum Gasteiger partial charge on any atom is -0.369 e. The number of benzene rings is 1. The molecule has 2 N–H and O–H groups in total. The van der Waals surface area contributed by atoms with Crippen molar-refractivity contribution >= 4 is 41.5 Å². The number of nitrogens with one attached hydrogen (secondary N) is 2. The van der Waals surface area contributed by atoms with Gasteiger partial charge in [0, 0.05) is 45.0 Å². The highest BCUT2D eigenvalue weighted by Gasteiger charge is 2.23. The van der Waals surface area contributed by atoms with Crippen molar-refractivity contribution in [3.05, 3.63) is 30.3 Å². The number of halogens is 1. The lowest BCUT2D eigenvalue weighted by molar-refractivity contribution is -0.127. The van der Waals surface area contributed by atoms with E-state index in [1.165, 1.54) is 31.4 Å². The predicted octanol–water partition coefficient (Wildman–Crippen LogP) is 2.84. The predicted molar refractivity (Wildman–Crippen MR) is 127 cm³/mol. The van der Waals surface area contributed by atoms with Gasteiger partial charge in [0.1, 0.15) is 6.54 Å². The lowest BCUT2D eigenvalue weighted by atomic mass is 10.0. The number of carbonyl (C=O) groups is 1. The first-order valence-corrected chi connectivity index (χ1v) is 10.2. The Bertz CT molecular complexity index is 631. The van der Waals surface area contributed by atoms with E-state index in [9.17, 15) is 4.79 Å². The number of likely N-dealkylation sites (N-methyl/N-ethyl adjacent to an activating group) is 1. The van der Waals surface area contributed by atoms with E-state index in [1.807, 2.05) is 0 Å². The molecule has 2 aliphatic rings. The highest BCUT2D eigenvalue weighted by atomic mass is 127. The Balaban J connectivity index is 0.00000280. The fourth-order valence-electron chi connectivity index (χ4n) is 3.85. The fraction of sp³-hybridized carbons (Fsp3) is 0.619. The van der Waals surface area contributed by atoms with Gasteiger partial charge in [-0.2, -0.15) is 0 Å². The van der Waals surface area contributed by atoms with E-state index in [-0.39, 0.29) is 36.4 Å². The van der Waals surface area contributed by atoms with E-state index in [1.54, 1.807) is 19.0 Å². The quantitative estimate of drug-likeness (QED) is 0.372. The van der Waals surface area contributed by atoms with E-state index in [2.05, 4.69) is 50.9 Å². The molecule has 6 nitrogen and oxygen atoms in total. The van der Waals surface area contributed by atoms with Gasteiger partial charge in [-0.25, -0.2) is 4.99 Å². The second kappa shape index (κ2) is 11.5. The molecule has 3 rings (SSSR count). The zero-order valence-corrected chi connectivity index (χ0v) is 19.4. The minimum atomic E-state index is 0. The van der Waals surface area contributed by atoms with Gasteiger partial charge in [0.15, 0.2) is 5.96 Å². The van der Waals surface area contributed by atoms with Crippen molar-refractivity contribution in [2.75, 3.05) is 38.6 Å². The number of para-hydroxylation sites is 1. The van der Waals surface area contributed by atoms with Crippen LogP contribution in [0.25, 0.3) is 0 Å². The molecule has 1 aliphatic heterocycles. The number of anilines is 1. The number of aliphatic imine (C=N–C) groups is 1. The van der Waals surface area contributed by atoms with Crippen LogP contribution in [-0.2, 0) is 4.79 Å². The second-order valence-corrected chi connectivity index (χ2v) is 7.84. The van der Waals surface area contributed by atoms with Gasteiger partial charge >= 0.3 is 0 Å². The van der Waals surface area contributed by atoms with Crippen LogP contribution >= 0.6 is 24.0 Å². The SMILES string of the molecule is CN(C)C(=O)CN=C(NC1CCCC1)NC1CCCN(c2ccccc2)C1.I. The molecular formula is C21H34IN5O. The Hall–Kier alpha value is -1.51. The Morgan fingerprint density at radius 2 is 1.71 bits per heavy atom. The van der Waals surface area contributed by atoms with E-state index in [0.29, 0.717) is 12.1 Å². The third kappa shape index (κ3) is 6.83. The number of amides is 1. The van der Waals surface area contributed by atoms with Crippen LogP contribution < -0.4 is 15.5 Å². The van der Waals surface area contributed by atoms with Crippen LogP contribution in [0.3, 0.4) is 0 Å². The van der Waals surface area contributed by atoms with Crippen molar-refractivity contribution in [2.45, 2.75) is 50.6 Å². The van der Waals surface area contributed by atoms with Crippen LogP contribution in [0.5, 0.6) is 0 Å². The van der Waals surface area contributed by atoms with Crippen molar-refractivity contribution in [1.82, 2.24) is 15.5 Å². The molecule has 156 valence electrons. The van der Waals surface area contributed by atoms with Gasteiger partial charge in [0.25, 0.3) is 0 Å². The largest absolute Gasteiger partial charge is 0.369 e. The summed E-state index contributed by atoms with van der Waals surface area (Å²) >= 11 is 0. The van der Waals surface area contributed by atoms with Crippen molar-refractivity contribution in [3.8, 4) is 0 Å². The molecule has 1 amide bonds. The summed E-state index contributed by atoms with van der Waals surface area (Å²) in [5.41, 5.74) is 1.27. The zero-order valence-electron chi connectivity index (χ0n) is 17.1. The van der Waals surface area contributed by atoms with Gasteiger partial charge in [0.2, 0.25) is 5.91 Å². The van der Waals surface area contributed by atoms with E-state index in [0.717, 1.165) is 31.9 Å². The standard InChI is InChI=1S/C21H33N5O.HI/c1-25(2)20(27)15-22-21(23-17-9-6-7-10-17)24-18-11-8-14-26(16-18)19-12-4-3-5-13-19;/h3-5,12-13,17-18H,6-11,14-16H2,1-2H3,(H2,22,23,24);1H. The molecular weight excluding hydrogens is 465 g/mol. The van der Waals surface area contributed by atoms with E-state index < -0.39 is 0 Å². The summed E-state index contributed by atoms with van der Waals surface area (Å²) < 4.78 is 0. The smallest absolute Gasteiger partial charge is 0.243 e. The fourth-order valence-corrected chi connectivity index (χ4v) is 3.85. The summed E-state index contributed by atoms with van der Waals surface area (Å²) in [6.07, 6.45) is 7.18. The first-order chi connectivity index (χ1) is 13.1. The molecule has 2 fully saturated rings. The second-order valence-electron chi connectivity index (χ2n) is 7.84. The Morgan fingerprint density at radius 1 is 1.07 bits per heavy atom. The molecule has 1 aliphatic carbocycles. The monoisotopic (exact) mass is 499 g/mol. The maximum atomic E-state index is 12.0. The maximum absolute atomic E-state index is 12.0. The van der Waals surface area contributed by atoms with Crippen molar-refractivity contribution in [1.29, 1.82) is 0 Å². The molecule has 1 saturated carbocycles. The van der Waals surface area contributed by atoms with Gasteiger partial charge in [-0.15, -0.1) is 24.0 Å². The summed E-state index contributed by atoms with van der Waals surface area (Å²) in [5.74, 6) is 0.814. The number of hydrogen-bond donors (Lipinski definition) is 2. The number of nitrogens with zero attached hydrogens (tertiary/aromatic N) is 3. The molecule has 1 saturated heterocycles. The lowest BCUT2D eigenvalue weighted by Crippen LogP contribution is -2.53. The average Bonchev–Trinajstić information content (AvgIpc) is 3.19. The van der Waals surface area contributed by atoms with Crippen LogP contribution in [0.4, 0.5) is 5.69 Å². The lowest BCUT2D eigenvalue weighted by Gasteiger charge is -2.35. The number of piperidine rings is 1. The Kier molecular flexibility index (Phi) is 9.34. The van der Waals surface area contributed by atoms with Gasteiger partial charge in [-0.1, -0.05) is 31.0 Å². The third-order valence-electron chi connectivity index (χ3n) is 5.45. The van der Waals surface area contributed by atoms with Gasteiger partial charge in [-0.3, -0.25) is 4.79 Å². The molecule has 0 spiro atoms. The Morgan fingerprint density at radius 3 is 2.39 bits per heavy atom. The summed E-state index contributed by atoms with van der Waals surface area (Å²) in [6, 6.07) is 11.4. The molecule has 1 unspecified atom stereocenters. The highest BCUT2D eigenvalue weighted by molar-refractivity contribution is 14.0. The van der Waals surface area contributed by atoms with Gasteiger partial charge < -0.3 is 20.4 Å². The molecule has 0 bridgehead atoms. The molecule has 0 aromatic heterocycles. The first-order valence-electron chi connectivity index (χ1n) is 10.2. The molecule has 1 heterocycles. The summed E-state index contributed by atoms with van der Waals surface area (Å²) in [7, 11) is 3.54. The number of carbonyl (C=O) groups excluding carboxylic acids is 1. The van der Waals surface area contributed by atoms with E-state index >= 15 is 0 Å². The zero-order chi connectivity index (χ0) is 19.1. The highest BCUT2D eigenvalue weighted by Crippen LogP contribution is 2.20. The van der Waals surface area contributed by atoms with Crippen LogP contribution in [0.1, 0.15) is 38.5 Å². The van der Waals surface area contributed by atoms with Crippen molar-refractivity contribution < 1.29 is 4.79 Å². The molecule has 1 aromatic rings. The minimum absolute atomic E-state index is 0. The number of hydrogen-bond acceptors (Lipinski definition) is 3. The third-order valence-corrected chi connectivity index (χ3v) is 5.45. The van der Waals surface area contributed by atoms with Crippen LogP contribution in [0.2, 0.25) is 0 Å². The molecule has 1 atom stereocenters. The van der Waals surface area contributed by atoms with E-state index in [4.69, 9.17) is 0 Å². The first kappa shape index (κ1) is 22.8. The molecule has 1 aromatic carbocycles. The topological polar surface area (TPSA) is 60.0 Å². The van der Waals surface area contributed by atoms with Crippen LogP contribution in [0.15, 0.2) is 35.3 Å². The number of guanidine groups is 1. The van der Waals surface area contributed by atoms with Crippen LogP contribution in [0, 0.1) is 0 Å². The van der Waals surface area contributed by atoms with Crippen molar-refractivity contribution in [2.24, 2.45) is 4.99 Å². The summed E-state index contributed by atoms with van der Waals surface area (Å²) in [6.45, 7) is 2.23. The van der Waals surface area contributed by atoms with Crippen LogP contribution in [-0.4, -0.2) is 62.6 Å². The molecule has 0 radical (unpaired) electrons. The Labute approximate surface area is 186 Å². The van der Waals surface area contributed by atoms with Gasteiger partial charge in [0.05, 0.1) is 0 Å². The van der Waals surface area contributed by atoms with Crippen molar-refractivity contribution in [3.63, 3.8) is 0 Å². The molecule has 7 heteroatoms. The summed E-state index contributed by atoms with van der Waals surface area (Å²) in [4.78, 5) is 20.6. The maximum Gasteiger partial charge on any atom is 0.243 e. The summed E-state index contributed by atoms with van der Waals surface area (Å²) in [5, 5.41) is 7.17. The normalized spacial score (nSPS) is 20.4. The number of rotatable bonds is 5. The van der Waals surface area contributed by atoms with Gasteiger partial charge in [-0.05, 0) is 37.8 Å². The molecule has 28 heavy (non-hydrogen) atoms.